The molecule has 0 aliphatic carbocycles. The Bertz CT molecular complexity index is 6420. The van der Waals surface area contributed by atoms with Crippen LogP contribution in [0.15, 0.2) is 237 Å². The summed E-state index contributed by atoms with van der Waals surface area (Å²) in [5.41, 5.74) is 12.2. The largest absolute Gasteiger partial charge is 0.493 e. The zero-order valence-electron chi connectivity index (χ0n) is 81.9. The Balaban J connectivity index is 0.000000213. The molecule has 0 fully saturated rings. The highest BCUT2D eigenvalue weighted by atomic mass is 35.5. The molecule has 0 radical (unpaired) electrons. The third-order valence-corrected chi connectivity index (χ3v) is 22.4. The minimum absolute atomic E-state index is 0.110. The summed E-state index contributed by atoms with van der Waals surface area (Å²) >= 11 is 37.7. The van der Waals surface area contributed by atoms with Crippen LogP contribution in [0.25, 0.3) is 48.6 Å². The molecule has 143 heavy (non-hydrogen) atoms. The van der Waals surface area contributed by atoms with E-state index in [1.54, 1.807) is 202 Å². The van der Waals surface area contributed by atoms with E-state index in [0.717, 1.165) is 50.1 Å². The van der Waals surface area contributed by atoms with E-state index in [1.165, 1.54) is 78.5 Å². The number of methoxy groups -OCH3 is 18. The lowest BCUT2D eigenvalue weighted by Gasteiger charge is -2.13. The van der Waals surface area contributed by atoms with Gasteiger partial charge in [-0.05, 0) is 203 Å². The molecule has 12 rings (SSSR count). The van der Waals surface area contributed by atoms with Crippen LogP contribution in [0.4, 0.5) is 22.7 Å². The van der Waals surface area contributed by atoms with E-state index in [4.69, 9.17) is 155 Å². The van der Waals surface area contributed by atoms with Gasteiger partial charge in [-0.1, -0.05) is 160 Å². The average Bonchev–Trinajstić information content (AvgIpc) is 0.824. The van der Waals surface area contributed by atoms with Crippen molar-refractivity contribution in [2.24, 2.45) is 0 Å². The molecule has 0 saturated heterocycles. The summed E-state index contributed by atoms with van der Waals surface area (Å²) in [7, 11) is 27.9. The number of hydrogen-bond donors (Lipinski definition) is 4. The average molecular weight is 2060 g/mol. The standard InChI is InChI=1S/C29H30ClNO7.C28H28ClNO5.2C27H25Cl2NO5/c1-33-24-10-9-20(17-25(24)34-2)23(32)11-12-31-22-14-18(13-21(30)28(22)37-5)7-8-19-15-26(35-3)29(38-6)27(16-19)36-4;1-18-6-10-21(11-7-18)24(31)12-13-30-23-15-19(14-22(29)27(23)34-4)8-9-20-16-25(32-2)28(35-5)26(17-20)33-3;1-32-24-15-18(16-25(33-2)27(24)35-4)6-5-17-13-21(29)26(34-3)22(14-17)30-12-11-23(31)19-7-9-20(28)10-8-19;1-32-24-14-18(15-25(33-2)27(24)35-4)9-8-17-12-21(29)26(34-3)22(13-17)30-11-10-23(31)19-6-5-7-20(28)16-19/h7-17,31H,1-6H3;6-17,30H,1-5H3;2*5-16,30H,1-4H3/b8-7-,12-11-;9-8-,13-12-;6-5-,12-11-;9-8-,11-10-. The maximum Gasteiger partial charge on any atom is 0.203 e. The van der Waals surface area contributed by atoms with Gasteiger partial charge in [0.15, 0.2) is 104 Å². The second-order valence-corrected chi connectivity index (χ2v) is 32.3. The summed E-state index contributed by atoms with van der Waals surface area (Å²) in [5.74, 6) is 8.66. The van der Waals surface area contributed by atoms with Crippen molar-refractivity contribution in [1.82, 2.24) is 0 Å². The van der Waals surface area contributed by atoms with Crippen LogP contribution in [-0.2, 0) is 0 Å². The van der Waals surface area contributed by atoms with Crippen molar-refractivity contribution in [3.8, 4) is 103 Å². The highest BCUT2D eigenvalue weighted by Gasteiger charge is 2.21. The van der Waals surface area contributed by atoms with Crippen molar-refractivity contribution in [2.75, 3.05) is 149 Å². The summed E-state index contributed by atoms with van der Waals surface area (Å²) in [4.78, 5) is 49.9. The van der Waals surface area contributed by atoms with Crippen LogP contribution in [0.5, 0.6) is 103 Å². The molecular weight excluding hydrogens is 1950 g/mol. The molecule has 0 aromatic heterocycles. The lowest BCUT2D eigenvalue weighted by Crippen LogP contribution is -1.99. The van der Waals surface area contributed by atoms with Gasteiger partial charge in [-0.2, -0.15) is 0 Å². The molecule has 32 heteroatoms. The third kappa shape index (κ3) is 31.0. The number of ether oxygens (including phenoxy) is 18. The summed E-state index contributed by atoms with van der Waals surface area (Å²) in [6, 6.07) is 55.1. The van der Waals surface area contributed by atoms with Crippen molar-refractivity contribution < 1.29 is 104 Å². The van der Waals surface area contributed by atoms with Crippen molar-refractivity contribution in [2.45, 2.75) is 6.92 Å². The van der Waals surface area contributed by atoms with Crippen molar-refractivity contribution in [3.63, 3.8) is 0 Å². The molecule has 4 N–H and O–H groups in total. The third-order valence-electron chi connectivity index (χ3n) is 20.8. The number of benzene rings is 12. The molecule has 0 saturated carbocycles. The second-order valence-electron chi connectivity index (χ2n) is 29.8. The van der Waals surface area contributed by atoms with E-state index in [1.807, 2.05) is 140 Å². The summed E-state index contributed by atoms with van der Waals surface area (Å²) < 4.78 is 97.1. The maximum atomic E-state index is 12.7. The number of aryl methyl sites for hydroxylation is 1. The number of nitrogens with one attached hydrogen (secondary N) is 4. The quantitative estimate of drug-likeness (QED) is 0.0157. The van der Waals surface area contributed by atoms with Gasteiger partial charge in [0, 0.05) is 81.4 Å². The lowest BCUT2D eigenvalue weighted by atomic mass is 10.1. The molecule has 0 aliphatic rings. The van der Waals surface area contributed by atoms with Gasteiger partial charge in [-0.15, -0.1) is 0 Å². The normalized spacial score (nSPS) is 11.0. The highest BCUT2D eigenvalue weighted by Crippen LogP contribution is 2.46. The Morgan fingerprint density at radius 3 is 0.671 bits per heavy atom. The highest BCUT2D eigenvalue weighted by molar-refractivity contribution is 6.34. The molecule has 0 aliphatic heterocycles. The Morgan fingerprint density at radius 1 is 0.210 bits per heavy atom. The summed E-state index contributed by atoms with van der Waals surface area (Å²) in [6.45, 7) is 1.98. The zero-order valence-corrected chi connectivity index (χ0v) is 86.4. The van der Waals surface area contributed by atoms with Gasteiger partial charge in [0.2, 0.25) is 23.0 Å². The minimum Gasteiger partial charge on any atom is -0.493 e. The Labute approximate surface area is 862 Å². The fraction of sp³-hybridized carbons (Fsp3) is 0.171. The Kier molecular flexibility index (Phi) is 43.7. The van der Waals surface area contributed by atoms with E-state index in [-0.39, 0.29) is 23.1 Å². The van der Waals surface area contributed by atoms with Gasteiger partial charge in [0.1, 0.15) is 0 Å². The number of carbonyl (C=O) groups is 4. The van der Waals surface area contributed by atoms with Gasteiger partial charge < -0.3 is 107 Å². The fourth-order valence-electron chi connectivity index (χ4n) is 13.8. The molecule has 0 heterocycles. The van der Waals surface area contributed by atoms with E-state index in [9.17, 15) is 19.2 Å². The van der Waals surface area contributed by atoms with Crippen LogP contribution in [0.1, 0.15) is 91.5 Å². The van der Waals surface area contributed by atoms with E-state index in [2.05, 4.69) is 21.3 Å². The predicted molar refractivity (Wildman–Crippen MR) is 574 cm³/mol. The molecule has 746 valence electrons. The van der Waals surface area contributed by atoms with E-state index >= 15 is 0 Å². The van der Waals surface area contributed by atoms with Gasteiger partial charge in [-0.3, -0.25) is 19.2 Å². The van der Waals surface area contributed by atoms with Gasteiger partial charge in [0.05, 0.1) is 171 Å². The van der Waals surface area contributed by atoms with E-state index in [0.29, 0.717) is 179 Å². The van der Waals surface area contributed by atoms with Crippen LogP contribution < -0.4 is 107 Å². The molecule has 0 spiro atoms. The zero-order chi connectivity index (χ0) is 104. The minimum atomic E-state index is -0.220. The van der Waals surface area contributed by atoms with Crippen molar-refractivity contribution >= 4 is 164 Å². The number of carbonyl (C=O) groups excluding carboxylic acids is 4. The molecule has 12 aromatic carbocycles. The molecule has 0 unspecified atom stereocenters. The Morgan fingerprint density at radius 2 is 0.434 bits per heavy atom. The number of hydrogen-bond acceptors (Lipinski definition) is 26. The maximum absolute atomic E-state index is 12.7. The van der Waals surface area contributed by atoms with Gasteiger partial charge >= 0.3 is 0 Å². The van der Waals surface area contributed by atoms with E-state index < -0.39 is 0 Å². The number of rotatable bonds is 42. The fourth-order valence-corrected chi connectivity index (χ4v) is 15.4. The smallest absolute Gasteiger partial charge is 0.203 e. The monoisotopic (exact) mass is 2060 g/mol. The summed E-state index contributed by atoms with van der Waals surface area (Å²) in [5, 5.41) is 15.1. The molecular formula is C111H108Cl6N4O22. The van der Waals surface area contributed by atoms with Crippen LogP contribution in [-0.4, -0.2) is 151 Å². The molecule has 12 aromatic rings. The first-order valence-electron chi connectivity index (χ1n) is 43.2. The van der Waals surface area contributed by atoms with Crippen LogP contribution in [0.3, 0.4) is 0 Å². The first-order chi connectivity index (χ1) is 69.1. The summed E-state index contributed by atoms with van der Waals surface area (Å²) in [6.07, 6.45) is 27.0. The SMILES string of the molecule is COc1cc(/C=C\c2cc(Cl)c(OC)c(N/C=C\C(=O)c3ccc(C)cc3)c2)cc(OC)c1OC.COc1cc(/C=C\c2cc(Cl)c(OC)c(N/C=C\C(=O)c3ccc(Cl)cc3)c2)cc(OC)c1OC.COc1cc(/C=C\c2cc(Cl)c(OC)c(N/C=C\C(=O)c3cccc(Cl)c3)c2)cc(OC)c1OC.COc1ccc(C(=O)/C=C\Nc2cc(/C=C\c3cc(OC)c(OC)c(OC)c3)cc(Cl)c2OC)cc1OC. The van der Waals surface area contributed by atoms with Crippen LogP contribution in [0.2, 0.25) is 30.1 Å². The Hall–Kier alpha value is -15.4. The van der Waals surface area contributed by atoms with Crippen molar-refractivity contribution in [1.29, 1.82) is 0 Å². The number of anilines is 4. The first-order valence-corrected chi connectivity index (χ1v) is 45.5. The van der Waals surface area contributed by atoms with Gasteiger partial charge in [-0.25, -0.2) is 0 Å². The number of ketones is 4. The number of allylic oxidation sites excluding steroid dienone is 4. The second kappa shape index (κ2) is 56.1. The van der Waals surface area contributed by atoms with Crippen molar-refractivity contribution in [3.05, 3.63) is 340 Å². The van der Waals surface area contributed by atoms with Crippen LogP contribution in [0, 0.1) is 6.92 Å². The molecule has 0 bridgehead atoms. The topological polar surface area (TPSA) is 283 Å². The number of halogens is 6. The van der Waals surface area contributed by atoms with Crippen LogP contribution >= 0.6 is 69.6 Å². The molecule has 0 amide bonds. The first kappa shape index (κ1) is 111. The van der Waals surface area contributed by atoms with Gasteiger partial charge in [0.25, 0.3) is 0 Å². The molecule has 26 nitrogen and oxygen atoms in total. The predicted octanol–water partition coefficient (Wildman–Crippen LogP) is 27.0. The lowest BCUT2D eigenvalue weighted by molar-refractivity contribution is 0.103. The molecule has 0 atom stereocenters.